The number of anilines is 1. The third-order valence-electron chi connectivity index (χ3n) is 3.54. The molecule has 23 heavy (non-hydrogen) atoms. The third kappa shape index (κ3) is 4.40. The van der Waals surface area contributed by atoms with Gasteiger partial charge in [-0.25, -0.2) is 4.98 Å². The lowest BCUT2D eigenvalue weighted by Gasteiger charge is -2.25. The number of nitro groups is 1. The highest BCUT2D eigenvalue weighted by Gasteiger charge is 2.19. The van der Waals surface area contributed by atoms with Crippen LogP contribution in [0, 0.1) is 17.0 Å². The highest BCUT2D eigenvalue weighted by Crippen LogP contribution is 2.25. The molecule has 2 aromatic rings. The van der Waals surface area contributed by atoms with Crippen molar-refractivity contribution in [1.29, 1.82) is 0 Å². The lowest BCUT2D eigenvalue weighted by atomic mass is 10.1. The van der Waals surface area contributed by atoms with Gasteiger partial charge in [0, 0.05) is 23.8 Å². The molecule has 7 heteroatoms. The first-order chi connectivity index (χ1) is 10.9. The van der Waals surface area contributed by atoms with Crippen LogP contribution in [0.15, 0.2) is 36.5 Å². The monoisotopic (exact) mass is 334 g/mol. The minimum absolute atomic E-state index is 0.0152. The van der Waals surface area contributed by atoms with E-state index in [4.69, 9.17) is 11.6 Å². The molecule has 1 aromatic heterocycles. The molecule has 0 aliphatic carbocycles. The Morgan fingerprint density at radius 2 is 2.00 bits per heavy atom. The fourth-order valence-corrected chi connectivity index (χ4v) is 2.43. The molecule has 2 rings (SSSR count). The summed E-state index contributed by atoms with van der Waals surface area (Å²) in [5.74, 6) is 0.279. The van der Waals surface area contributed by atoms with Crippen LogP contribution >= 0.6 is 11.6 Å². The number of nitrogens with one attached hydrogen (secondary N) is 1. The van der Waals surface area contributed by atoms with E-state index in [1.54, 1.807) is 13.1 Å². The predicted molar refractivity (Wildman–Crippen MR) is 92.0 cm³/mol. The lowest BCUT2D eigenvalue weighted by molar-refractivity contribution is -0.384. The molecule has 0 spiro atoms. The Hall–Kier alpha value is -2.18. The molecule has 6 nitrogen and oxygen atoms in total. The van der Waals surface area contributed by atoms with Gasteiger partial charge in [-0.05, 0) is 44.3 Å². The van der Waals surface area contributed by atoms with Crippen LogP contribution in [0.4, 0.5) is 11.5 Å². The second kappa shape index (κ2) is 7.39. The van der Waals surface area contributed by atoms with Crippen LogP contribution in [-0.4, -0.2) is 35.4 Å². The van der Waals surface area contributed by atoms with E-state index in [0.29, 0.717) is 11.6 Å². The van der Waals surface area contributed by atoms with Crippen molar-refractivity contribution in [2.45, 2.75) is 13.0 Å². The highest BCUT2D eigenvalue weighted by atomic mass is 35.5. The Morgan fingerprint density at radius 1 is 1.35 bits per heavy atom. The fourth-order valence-electron chi connectivity index (χ4n) is 2.31. The molecule has 1 aromatic carbocycles. The van der Waals surface area contributed by atoms with E-state index in [-0.39, 0.29) is 17.5 Å². The summed E-state index contributed by atoms with van der Waals surface area (Å²) in [6, 6.07) is 9.12. The number of aryl methyl sites for hydroxylation is 1. The highest BCUT2D eigenvalue weighted by molar-refractivity contribution is 6.30. The number of benzene rings is 1. The summed E-state index contributed by atoms with van der Waals surface area (Å²) >= 11 is 5.93. The van der Waals surface area contributed by atoms with Crippen LogP contribution in [0.25, 0.3) is 0 Å². The topological polar surface area (TPSA) is 71.3 Å². The van der Waals surface area contributed by atoms with Crippen molar-refractivity contribution >= 4 is 23.1 Å². The minimum Gasteiger partial charge on any atom is -0.362 e. The molecule has 0 saturated heterocycles. The van der Waals surface area contributed by atoms with E-state index >= 15 is 0 Å². The molecule has 0 aliphatic heterocycles. The molecular weight excluding hydrogens is 316 g/mol. The second-order valence-electron chi connectivity index (χ2n) is 5.55. The second-order valence-corrected chi connectivity index (χ2v) is 5.99. The molecule has 0 amide bonds. The van der Waals surface area contributed by atoms with Gasteiger partial charge in [-0.15, -0.1) is 0 Å². The van der Waals surface area contributed by atoms with Gasteiger partial charge in [0.2, 0.25) is 5.82 Å². The van der Waals surface area contributed by atoms with Gasteiger partial charge in [-0.3, -0.25) is 10.1 Å². The van der Waals surface area contributed by atoms with Gasteiger partial charge >= 0.3 is 5.69 Å². The molecule has 1 heterocycles. The number of hydrogen-bond acceptors (Lipinski definition) is 5. The van der Waals surface area contributed by atoms with Crippen molar-refractivity contribution in [2.24, 2.45) is 0 Å². The van der Waals surface area contributed by atoms with E-state index in [9.17, 15) is 10.1 Å². The van der Waals surface area contributed by atoms with Gasteiger partial charge in [0.15, 0.2) is 0 Å². The number of halogens is 1. The summed E-state index contributed by atoms with van der Waals surface area (Å²) in [6.07, 6.45) is 1.61. The van der Waals surface area contributed by atoms with Crippen LogP contribution in [0.5, 0.6) is 0 Å². The Balaban J connectivity index is 2.20. The number of likely N-dealkylation sites (N-methyl/N-ethyl adjacent to an activating group) is 1. The van der Waals surface area contributed by atoms with Crippen molar-refractivity contribution in [3.05, 3.63) is 62.8 Å². The SMILES string of the molecule is Cc1cnc(NCC(c2ccc(Cl)cc2)N(C)C)c([N+](=O)[O-])c1. The number of rotatable bonds is 6. The lowest BCUT2D eigenvalue weighted by Crippen LogP contribution is -2.27. The van der Waals surface area contributed by atoms with Crippen LogP contribution in [0.1, 0.15) is 17.2 Å². The maximum absolute atomic E-state index is 11.2. The Bertz CT molecular complexity index is 689. The Morgan fingerprint density at radius 3 is 2.57 bits per heavy atom. The largest absolute Gasteiger partial charge is 0.362 e. The average molecular weight is 335 g/mol. The summed E-state index contributed by atoms with van der Waals surface area (Å²) in [4.78, 5) is 16.9. The molecule has 0 bridgehead atoms. The molecule has 122 valence electrons. The molecule has 0 radical (unpaired) electrons. The van der Waals surface area contributed by atoms with Crippen LogP contribution in [-0.2, 0) is 0 Å². The molecule has 0 saturated carbocycles. The van der Waals surface area contributed by atoms with E-state index in [2.05, 4.69) is 10.3 Å². The number of aromatic nitrogens is 1. The van der Waals surface area contributed by atoms with E-state index in [1.807, 2.05) is 43.3 Å². The summed E-state index contributed by atoms with van der Waals surface area (Å²) < 4.78 is 0. The normalized spacial score (nSPS) is 12.2. The summed E-state index contributed by atoms with van der Waals surface area (Å²) in [5.41, 5.74) is 1.81. The molecule has 1 N–H and O–H groups in total. The molecule has 0 aliphatic rings. The molecule has 0 fully saturated rings. The van der Waals surface area contributed by atoms with Gasteiger partial charge in [0.1, 0.15) is 0 Å². The number of nitrogens with zero attached hydrogens (tertiary/aromatic N) is 3. The van der Waals surface area contributed by atoms with Crippen molar-refractivity contribution in [2.75, 3.05) is 26.0 Å². The Kier molecular flexibility index (Phi) is 5.52. The number of pyridine rings is 1. The standard InChI is InChI=1S/C16H19ClN4O2/c1-11-8-14(21(22)23)16(18-9-11)19-10-15(20(2)3)12-4-6-13(17)7-5-12/h4-9,15H,10H2,1-3H3,(H,18,19). The predicted octanol–water partition coefficient (Wildman–Crippen LogP) is 3.67. The minimum atomic E-state index is -0.421. The quantitative estimate of drug-likeness (QED) is 0.644. The van der Waals surface area contributed by atoms with Gasteiger partial charge in [-0.1, -0.05) is 23.7 Å². The summed E-state index contributed by atoms with van der Waals surface area (Å²) in [5, 5.41) is 14.9. The van der Waals surface area contributed by atoms with Crippen molar-refractivity contribution in [3.8, 4) is 0 Å². The number of hydrogen-bond donors (Lipinski definition) is 1. The summed E-state index contributed by atoms with van der Waals surface area (Å²) in [7, 11) is 3.91. The zero-order valence-corrected chi connectivity index (χ0v) is 14.0. The molecule has 1 unspecified atom stereocenters. The van der Waals surface area contributed by atoms with Gasteiger partial charge in [-0.2, -0.15) is 0 Å². The zero-order valence-electron chi connectivity index (χ0n) is 13.3. The van der Waals surface area contributed by atoms with Crippen molar-refractivity contribution in [1.82, 2.24) is 9.88 Å². The van der Waals surface area contributed by atoms with E-state index < -0.39 is 4.92 Å². The van der Waals surface area contributed by atoms with Crippen LogP contribution in [0.2, 0.25) is 5.02 Å². The smallest absolute Gasteiger partial charge is 0.311 e. The molecular formula is C16H19ClN4O2. The van der Waals surface area contributed by atoms with Gasteiger partial charge in [0.05, 0.1) is 11.0 Å². The summed E-state index contributed by atoms with van der Waals surface area (Å²) in [6.45, 7) is 2.27. The Labute approximate surface area is 140 Å². The average Bonchev–Trinajstić information content (AvgIpc) is 2.50. The first-order valence-corrected chi connectivity index (χ1v) is 7.53. The maximum atomic E-state index is 11.2. The van der Waals surface area contributed by atoms with Crippen molar-refractivity contribution in [3.63, 3.8) is 0 Å². The van der Waals surface area contributed by atoms with Crippen molar-refractivity contribution < 1.29 is 4.92 Å². The van der Waals surface area contributed by atoms with Gasteiger partial charge < -0.3 is 10.2 Å². The third-order valence-corrected chi connectivity index (χ3v) is 3.79. The van der Waals surface area contributed by atoms with Gasteiger partial charge in [0.25, 0.3) is 0 Å². The van der Waals surface area contributed by atoms with Crippen LogP contribution in [0.3, 0.4) is 0 Å². The van der Waals surface area contributed by atoms with E-state index in [0.717, 1.165) is 11.1 Å². The van der Waals surface area contributed by atoms with E-state index in [1.165, 1.54) is 6.07 Å². The first-order valence-electron chi connectivity index (χ1n) is 7.15. The molecule has 1 atom stereocenters. The first kappa shape index (κ1) is 17.2. The fraction of sp³-hybridized carbons (Fsp3) is 0.312. The zero-order chi connectivity index (χ0) is 17.0. The van der Waals surface area contributed by atoms with Crippen LogP contribution < -0.4 is 5.32 Å². The maximum Gasteiger partial charge on any atom is 0.311 e.